The summed E-state index contributed by atoms with van der Waals surface area (Å²) in [5.74, 6) is 5.49. The molecule has 2 aromatic carbocycles. The molecule has 0 unspecified atom stereocenters. The Hall–Kier alpha value is -2.58. The number of hydrazine groups is 1. The molecule has 21 heavy (non-hydrogen) atoms. The fourth-order valence-electron chi connectivity index (χ4n) is 2.00. The number of aromatic nitrogens is 2. The lowest BCUT2D eigenvalue weighted by Gasteiger charge is -2.09. The standard InChI is InChI=1S/C13H13N5O2S/c14-17-11-7-3-4-8-12(11)21(19,20)18-13-15-9-5-1-2-6-10(9)16-13/h1-8,17H,14H2,(H2,15,16,18). The van der Waals surface area contributed by atoms with Crippen molar-refractivity contribution < 1.29 is 8.42 Å². The summed E-state index contributed by atoms with van der Waals surface area (Å²) in [6.45, 7) is 0. The molecule has 0 bridgehead atoms. The lowest BCUT2D eigenvalue weighted by Crippen LogP contribution is -2.18. The highest BCUT2D eigenvalue weighted by Gasteiger charge is 2.19. The third-order valence-electron chi connectivity index (χ3n) is 2.95. The predicted octanol–water partition coefficient (Wildman–Crippen LogP) is 1.65. The molecule has 0 aliphatic heterocycles. The summed E-state index contributed by atoms with van der Waals surface area (Å²) in [5.41, 5.74) is 4.10. The largest absolute Gasteiger partial charge is 0.323 e. The van der Waals surface area contributed by atoms with E-state index in [0.717, 1.165) is 5.52 Å². The molecular weight excluding hydrogens is 290 g/mol. The Morgan fingerprint density at radius 2 is 1.76 bits per heavy atom. The molecule has 0 aliphatic carbocycles. The number of hydrogen-bond donors (Lipinski definition) is 4. The summed E-state index contributed by atoms with van der Waals surface area (Å²) in [6, 6.07) is 13.6. The maximum absolute atomic E-state index is 12.4. The Bertz CT molecular complexity index is 855. The number of para-hydroxylation sites is 3. The van der Waals surface area contributed by atoms with Gasteiger partial charge in [-0.25, -0.2) is 18.1 Å². The third-order valence-corrected chi connectivity index (χ3v) is 4.35. The maximum Gasteiger partial charge on any atom is 0.266 e. The predicted molar refractivity (Wildman–Crippen MR) is 81.2 cm³/mol. The highest BCUT2D eigenvalue weighted by atomic mass is 32.2. The van der Waals surface area contributed by atoms with Crippen LogP contribution in [0.15, 0.2) is 53.4 Å². The van der Waals surface area contributed by atoms with Crippen LogP contribution in [0.4, 0.5) is 11.6 Å². The first kappa shape index (κ1) is 13.4. The zero-order valence-electron chi connectivity index (χ0n) is 10.9. The Kier molecular flexibility index (Phi) is 3.24. The van der Waals surface area contributed by atoms with Gasteiger partial charge >= 0.3 is 0 Å². The first-order valence-corrected chi connectivity index (χ1v) is 7.62. The maximum atomic E-state index is 12.4. The van der Waals surface area contributed by atoms with Crippen LogP contribution in [0.2, 0.25) is 0 Å². The number of benzene rings is 2. The van der Waals surface area contributed by atoms with E-state index >= 15 is 0 Å². The van der Waals surface area contributed by atoms with E-state index in [9.17, 15) is 8.42 Å². The smallest absolute Gasteiger partial charge is 0.266 e. The van der Waals surface area contributed by atoms with Crippen LogP contribution in [-0.4, -0.2) is 18.4 Å². The zero-order valence-corrected chi connectivity index (χ0v) is 11.7. The molecule has 7 nitrogen and oxygen atoms in total. The number of aromatic amines is 1. The molecule has 0 amide bonds. The number of H-pyrrole nitrogens is 1. The fourth-order valence-corrected chi connectivity index (χ4v) is 3.14. The first-order chi connectivity index (χ1) is 10.1. The van der Waals surface area contributed by atoms with Crippen LogP contribution >= 0.6 is 0 Å². The number of nitrogens with two attached hydrogens (primary N) is 1. The molecule has 0 aliphatic rings. The SMILES string of the molecule is NNc1ccccc1S(=O)(=O)Nc1nc2ccccc2[nH]1. The molecule has 108 valence electrons. The van der Waals surface area contributed by atoms with Gasteiger partial charge in [-0.05, 0) is 24.3 Å². The quantitative estimate of drug-likeness (QED) is 0.432. The van der Waals surface area contributed by atoms with Crippen LogP contribution in [0.25, 0.3) is 11.0 Å². The zero-order chi connectivity index (χ0) is 14.9. The number of sulfonamides is 1. The van der Waals surface area contributed by atoms with Gasteiger partial charge in [0.1, 0.15) is 4.90 Å². The molecule has 3 aromatic rings. The molecule has 0 saturated heterocycles. The molecular formula is C13H13N5O2S. The molecule has 1 heterocycles. The summed E-state index contributed by atoms with van der Waals surface area (Å²) in [7, 11) is -3.79. The average molecular weight is 303 g/mol. The second-order valence-electron chi connectivity index (χ2n) is 4.35. The van der Waals surface area contributed by atoms with E-state index in [4.69, 9.17) is 5.84 Å². The lowest BCUT2D eigenvalue weighted by molar-refractivity contribution is 0.601. The third kappa shape index (κ3) is 2.54. The molecule has 0 radical (unpaired) electrons. The monoisotopic (exact) mass is 303 g/mol. The summed E-state index contributed by atoms with van der Waals surface area (Å²) in [4.78, 5) is 7.14. The lowest BCUT2D eigenvalue weighted by atomic mass is 10.3. The highest BCUT2D eigenvalue weighted by molar-refractivity contribution is 7.92. The van der Waals surface area contributed by atoms with Gasteiger partial charge in [-0.15, -0.1) is 0 Å². The van der Waals surface area contributed by atoms with Crippen molar-refractivity contribution in [2.45, 2.75) is 4.90 Å². The van der Waals surface area contributed by atoms with E-state index in [-0.39, 0.29) is 10.8 Å². The van der Waals surface area contributed by atoms with E-state index in [1.165, 1.54) is 6.07 Å². The minimum atomic E-state index is -3.79. The Labute approximate surface area is 121 Å². The number of imidazole rings is 1. The van der Waals surface area contributed by atoms with Gasteiger partial charge in [0.05, 0.1) is 16.7 Å². The Morgan fingerprint density at radius 1 is 1.05 bits per heavy atom. The highest BCUT2D eigenvalue weighted by Crippen LogP contribution is 2.22. The van der Waals surface area contributed by atoms with Crippen molar-refractivity contribution in [1.29, 1.82) is 0 Å². The van der Waals surface area contributed by atoms with Gasteiger partial charge in [-0.1, -0.05) is 24.3 Å². The minimum Gasteiger partial charge on any atom is -0.323 e. The topological polar surface area (TPSA) is 113 Å². The van der Waals surface area contributed by atoms with E-state index in [0.29, 0.717) is 11.2 Å². The molecule has 5 N–H and O–H groups in total. The molecule has 0 fully saturated rings. The van der Waals surface area contributed by atoms with Crippen LogP contribution in [-0.2, 0) is 10.0 Å². The van der Waals surface area contributed by atoms with Gasteiger partial charge in [0.25, 0.3) is 10.0 Å². The van der Waals surface area contributed by atoms with Gasteiger partial charge in [-0.3, -0.25) is 5.84 Å². The molecule has 1 aromatic heterocycles. The van der Waals surface area contributed by atoms with Crippen LogP contribution in [0.3, 0.4) is 0 Å². The number of rotatable bonds is 4. The second-order valence-corrected chi connectivity index (χ2v) is 6.00. The van der Waals surface area contributed by atoms with Crippen LogP contribution in [0.5, 0.6) is 0 Å². The van der Waals surface area contributed by atoms with E-state index in [2.05, 4.69) is 20.1 Å². The first-order valence-electron chi connectivity index (χ1n) is 6.13. The van der Waals surface area contributed by atoms with Crippen molar-refractivity contribution >= 4 is 32.7 Å². The van der Waals surface area contributed by atoms with E-state index in [1.807, 2.05) is 18.2 Å². The van der Waals surface area contributed by atoms with E-state index < -0.39 is 10.0 Å². The van der Waals surface area contributed by atoms with Crippen LogP contribution in [0, 0.1) is 0 Å². The molecule has 0 saturated carbocycles. The van der Waals surface area contributed by atoms with Crippen molar-refractivity contribution in [3.63, 3.8) is 0 Å². The number of anilines is 2. The van der Waals surface area contributed by atoms with Crippen molar-refractivity contribution in [3.8, 4) is 0 Å². The van der Waals surface area contributed by atoms with Crippen molar-refractivity contribution in [2.24, 2.45) is 5.84 Å². The summed E-state index contributed by atoms with van der Waals surface area (Å²) in [5, 5.41) is 0. The van der Waals surface area contributed by atoms with Gasteiger partial charge in [0.15, 0.2) is 0 Å². The second kappa shape index (κ2) is 5.08. The fraction of sp³-hybridized carbons (Fsp3) is 0. The average Bonchev–Trinajstić information content (AvgIpc) is 2.88. The Morgan fingerprint density at radius 3 is 2.52 bits per heavy atom. The van der Waals surface area contributed by atoms with Crippen molar-refractivity contribution in [2.75, 3.05) is 10.1 Å². The Balaban J connectivity index is 1.99. The van der Waals surface area contributed by atoms with E-state index in [1.54, 1.807) is 24.3 Å². The minimum absolute atomic E-state index is 0.0490. The summed E-state index contributed by atoms with van der Waals surface area (Å²) >= 11 is 0. The number of hydrogen-bond acceptors (Lipinski definition) is 5. The normalized spacial score (nSPS) is 11.5. The number of nitrogens with zero attached hydrogens (tertiary/aromatic N) is 1. The van der Waals surface area contributed by atoms with Gasteiger partial charge < -0.3 is 10.4 Å². The molecule has 3 rings (SSSR count). The van der Waals surface area contributed by atoms with Gasteiger partial charge in [-0.2, -0.15) is 0 Å². The van der Waals surface area contributed by atoms with Crippen molar-refractivity contribution in [3.05, 3.63) is 48.5 Å². The van der Waals surface area contributed by atoms with Crippen LogP contribution in [0.1, 0.15) is 0 Å². The number of nitrogen functional groups attached to an aromatic ring is 1. The van der Waals surface area contributed by atoms with Gasteiger partial charge in [0, 0.05) is 0 Å². The summed E-state index contributed by atoms with van der Waals surface area (Å²) in [6.07, 6.45) is 0. The van der Waals surface area contributed by atoms with Gasteiger partial charge in [0.2, 0.25) is 5.95 Å². The molecule has 8 heteroatoms. The number of fused-ring (bicyclic) bond motifs is 1. The van der Waals surface area contributed by atoms with Crippen LogP contribution < -0.4 is 16.0 Å². The molecule has 0 atom stereocenters. The summed E-state index contributed by atoms with van der Waals surface area (Å²) < 4.78 is 27.2. The van der Waals surface area contributed by atoms with Crippen molar-refractivity contribution in [1.82, 2.24) is 9.97 Å². The molecule has 0 spiro atoms. The number of nitrogens with one attached hydrogen (secondary N) is 3.